The molecule has 0 radical (unpaired) electrons. The van der Waals surface area contributed by atoms with Gasteiger partial charge in [0.25, 0.3) is 0 Å². The van der Waals surface area contributed by atoms with Crippen molar-refractivity contribution in [1.82, 2.24) is 5.32 Å². The molecule has 0 bridgehead atoms. The second-order valence-electron chi connectivity index (χ2n) is 5.60. The smallest absolute Gasteiger partial charge is 0.336 e. The van der Waals surface area contributed by atoms with Gasteiger partial charge in [0.05, 0.1) is 17.8 Å². The van der Waals surface area contributed by atoms with Gasteiger partial charge >= 0.3 is 11.9 Å². The fourth-order valence-corrected chi connectivity index (χ4v) is 3.37. The van der Waals surface area contributed by atoms with E-state index in [1.54, 1.807) is 18.7 Å². The number of hydrogen-bond acceptors (Lipinski definition) is 6. The van der Waals surface area contributed by atoms with Crippen LogP contribution in [0, 0.1) is 5.92 Å². The van der Waals surface area contributed by atoms with Gasteiger partial charge in [-0.05, 0) is 32.9 Å². The van der Waals surface area contributed by atoms with Crippen molar-refractivity contribution >= 4 is 23.7 Å². The number of esters is 2. The van der Waals surface area contributed by atoms with Crippen LogP contribution in [-0.4, -0.2) is 36.7 Å². The van der Waals surface area contributed by atoms with Gasteiger partial charge in [-0.1, -0.05) is 20.3 Å². The zero-order chi connectivity index (χ0) is 18.1. The minimum atomic E-state index is -0.361. The molecular formula is C18H29NO4S. The number of allylic oxidation sites excluding steroid dienone is 2. The lowest BCUT2D eigenvalue weighted by atomic mass is 9.82. The van der Waals surface area contributed by atoms with Crippen molar-refractivity contribution in [3.63, 3.8) is 0 Å². The summed E-state index contributed by atoms with van der Waals surface area (Å²) in [6.45, 7) is 10.3. The Hall–Kier alpha value is -1.43. The Bertz CT molecular complexity index is 525. The highest BCUT2D eigenvalue weighted by atomic mass is 32.2. The van der Waals surface area contributed by atoms with Crippen LogP contribution in [0.25, 0.3) is 0 Å². The summed E-state index contributed by atoms with van der Waals surface area (Å²) in [4.78, 5) is 25.0. The lowest BCUT2D eigenvalue weighted by Gasteiger charge is -2.30. The molecule has 1 unspecified atom stereocenters. The molecule has 0 saturated carbocycles. The summed E-state index contributed by atoms with van der Waals surface area (Å²) in [6, 6.07) is 0. The third kappa shape index (κ3) is 5.30. The molecule has 0 amide bonds. The molecule has 0 aromatic rings. The Morgan fingerprint density at radius 2 is 1.62 bits per heavy atom. The SMILES string of the molecule is CCCC1C(C(=O)OCC)=C(C)NC(C)=C1C(=O)OCCSCC. The van der Waals surface area contributed by atoms with Gasteiger partial charge in [-0.2, -0.15) is 11.8 Å². The number of thioether (sulfide) groups is 1. The van der Waals surface area contributed by atoms with E-state index in [4.69, 9.17) is 9.47 Å². The molecule has 1 heterocycles. The fraction of sp³-hybridized carbons (Fsp3) is 0.667. The van der Waals surface area contributed by atoms with Crippen molar-refractivity contribution in [2.24, 2.45) is 5.92 Å². The Balaban J connectivity index is 3.01. The molecule has 0 spiro atoms. The molecule has 1 rings (SSSR count). The molecule has 0 aliphatic carbocycles. The molecule has 0 aromatic heterocycles. The Morgan fingerprint density at radius 3 is 2.12 bits per heavy atom. The van der Waals surface area contributed by atoms with Crippen molar-refractivity contribution in [3.05, 3.63) is 22.5 Å². The molecule has 1 aliphatic heterocycles. The highest BCUT2D eigenvalue weighted by Gasteiger charge is 2.36. The van der Waals surface area contributed by atoms with Gasteiger partial charge in [-0.15, -0.1) is 0 Å². The van der Waals surface area contributed by atoms with E-state index in [0.29, 0.717) is 30.8 Å². The average Bonchev–Trinajstić information content (AvgIpc) is 2.51. The predicted octanol–water partition coefficient (Wildman–Crippen LogP) is 3.41. The fourth-order valence-electron chi connectivity index (χ4n) is 2.88. The van der Waals surface area contributed by atoms with Crippen LogP contribution in [0.2, 0.25) is 0 Å². The zero-order valence-corrected chi connectivity index (χ0v) is 16.2. The van der Waals surface area contributed by atoms with Gasteiger partial charge in [0.1, 0.15) is 6.61 Å². The average molecular weight is 356 g/mol. The predicted molar refractivity (Wildman–Crippen MR) is 97.5 cm³/mol. The first kappa shape index (κ1) is 20.6. The number of ether oxygens (including phenoxy) is 2. The monoisotopic (exact) mass is 355 g/mol. The second-order valence-corrected chi connectivity index (χ2v) is 6.99. The first-order valence-electron chi connectivity index (χ1n) is 8.58. The highest BCUT2D eigenvalue weighted by Crippen LogP contribution is 2.34. The molecule has 1 aliphatic rings. The zero-order valence-electron chi connectivity index (χ0n) is 15.4. The van der Waals surface area contributed by atoms with Crippen LogP contribution in [-0.2, 0) is 19.1 Å². The first-order chi connectivity index (χ1) is 11.5. The van der Waals surface area contributed by atoms with E-state index in [9.17, 15) is 9.59 Å². The maximum atomic E-state index is 12.6. The lowest BCUT2D eigenvalue weighted by molar-refractivity contribution is -0.140. The van der Waals surface area contributed by atoms with E-state index in [0.717, 1.165) is 29.3 Å². The molecule has 0 aromatic carbocycles. The number of nitrogens with one attached hydrogen (secondary N) is 1. The molecule has 6 heteroatoms. The Morgan fingerprint density at radius 1 is 1.04 bits per heavy atom. The molecule has 5 nitrogen and oxygen atoms in total. The molecule has 1 N–H and O–H groups in total. The summed E-state index contributed by atoms with van der Waals surface area (Å²) < 4.78 is 10.6. The van der Waals surface area contributed by atoms with Gasteiger partial charge in [-0.25, -0.2) is 9.59 Å². The molecule has 0 saturated heterocycles. The van der Waals surface area contributed by atoms with Crippen LogP contribution < -0.4 is 5.32 Å². The van der Waals surface area contributed by atoms with Crippen molar-refractivity contribution in [3.8, 4) is 0 Å². The van der Waals surface area contributed by atoms with E-state index < -0.39 is 0 Å². The van der Waals surface area contributed by atoms with E-state index in [2.05, 4.69) is 12.2 Å². The largest absolute Gasteiger partial charge is 0.463 e. The number of rotatable bonds is 9. The standard InChI is InChI=1S/C18H29NO4S/c1-6-9-14-15(17(20)22-7-2)12(4)19-13(5)16(14)18(21)23-10-11-24-8-3/h14,19H,6-11H2,1-5H3. The Labute approximate surface area is 149 Å². The Kier molecular flexibility index (Phi) is 8.97. The van der Waals surface area contributed by atoms with Crippen LogP contribution >= 0.6 is 11.8 Å². The minimum Gasteiger partial charge on any atom is -0.463 e. The second kappa shape index (κ2) is 10.4. The van der Waals surface area contributed by atoms with Crippen molar-refractivity contribution in [2.45, 2.75) is 47.5 Å². The molecule has 24 heavy (non-hydrogen) atoms. The summed E-state index contributed by atoms with van der Waals surface area (Å²) in [5, 5.41) is 3.14. The molecule has 136 valence electrons. The third-order valence-electron chi connectivity index (χ3n) is 3.84. The van der Waals surface area contributed by atoms with Crippen LogP contribution in [0.1, 0.15) is 47.5 Å². The van der Waals surface area contributed by atoms with Crippen LogP contribution in [0.5, 0.6) is 0 Å². The van der Waals surface area contributed by atoms with Gasteiger partial charge < -0.3 is 14.8 Å². The van der Waals surface area contributed by atoms with E-state index in [1.165, 1.54) is 0 Å². The summed E-state index contributed by atoms with van der Waals surface area (Å²) in [5.74, 6) is 0.792. The quantitative estimate of drug-likeness (QED) is 0.505. The molecular weight excluding hydrogens is 326 g/mol. The number of hydrogen-bond donors (Lipinski definition) is 1. The number of carbonyl (C=O) groups is 2. The van der Waals surface area contributed by atoms with E-state index in [1.807, 2.05) is 20.8 Å². The van der Waals surface area contributed by atoms with Crippen LogP contribution in [0.15, 0.2) is 22.5 Å². The van der Waals surface area contributed by atoms with E-state index in [-0.39, 0.29) is 17.9 Å². The van der Waals surface area contributed by atoms with Gasteiger partial charge in [0.15, 0.2) is 0 Å². The number of carbonyl (C=O) groups excluding carboxylic acids is 2. The van der Waals surface area contributed by atoms with Crippen LogP contribution in [0.4, 0.5) is 0 Å². The maximum Gasteiger partial charge on any atom is 0.336 e. The van der Waals surface area contributed by atoms with Crippen molar-refractivity contribution in [1.29, 1.82) is 0 Å². The normalized spacial score (nSPS) is 17.6. The maximum absolute atomic E-state index is 12.6. The first-order valence-corrected chi connectivity index (χ1v) is 9.73. The number of dihydropyridines is 1. The summed E-state index contributed by atoms with van der Waals surface area (Å²) in [5.41, 5.74) is 2.60. The summed E-state index contributed by atoms with van der Waals surface area (Å²) >= 11 is 1.73. The van der Waals surface area contributed by atoms with Gasteiger partial charge in [0.2, 0.25) is 0 Å². The minimum absolute atomic E-state index is 0.276. The lowest BCUT2D eigenvalue weighted by Crippen LogP contribution is -2.33. The van der Waals surface area contributed by atoms with Crippen molar-refractivity contribution in [2.75, 3.05) is 24.7 Å². The summed E-state index contributed by atoms with van der Waals surface area (Å²) in [7, 11) is 0. The summed E-state index contributed by atoms with van der Waals surface area (Å²) in [6.07, 6.45) is 1.56. The molecule has 1 atom stereocenters. The third-order valence-corrected chi connectivity index (χ3v) is 4.70. The van der Waals surface area contributed by atoms with Crippen LogP contribution in [0.3, 0.4) is 0 Å². The van der Waals surface area contributed by atoms with E-state index >= 15 is 0 Å². The van der Waals surface area contributed by atoms with Gasteiger partial charge in [0, 0.05) is 23.1 Å². The molecule has 0 fully saturated rings. The topological polar surface area (TPSA) is 64.6 Å². The highest BCUT2D eigenvalue weighted by molar-refractivity contribution is 7.99. The van der Waals surface area contributed by atoms with Crippen molar-refractivity contribution < 1.29 is 19.1 Å². The van der Waals surface area contributed by atoms with Gasteiger partial charge in [-0.3, -0.25) is 0 Å².